The fraction of sp³-hybridized carbons (Fsp3) is 0.444. The van der Waals surface area contributed by atoms with Crippen molar-refractivity contribution in [3.63, 3.8) is 0 Å². The number of anilines is 1. The molecule has 0 bridgehead atoms. The first-order valence-electron chi connectivity index (χ1n) is 8.34. The molecule has 2 aromatic rings. The summed E-state index contributed by atoms with van der Waals surface area (Å²) in [7, 11) is 0. The van der Waals surface area contributed by atoms with Crippen molar-refractivity contribution in [3.05, 3.63) is 28.5 Å². The third-order valence-corrected chi connectivity index (χ3v) is 6.23. The van der Waals surface area contributed by atoms with E-state index in [0.717, 1.165) is 30.1 Å². The molecule has 1 saturated heterocycles. The zero-order valence-corrected chi connectivity index (χ0v) is 18.2. The number of ether oxygens (including phenoxy) is 1. The molecule has 2 heterocycles. The van der Waals surface area contributed by atoms with Crippen molar-refractivity contribution in [1.82, 2.24) is 9.47 Å². The van der Waals surface area contributed by atoms with Gasteiger partial charge in [0.2, 0.25) is 0 Å². The summed E-state index contributed by atoms with van der Waals surface area (Å²) >= 11 is 4.56. The molecule has 0 amide bonds. The summed E-state index contributed by atoms with van der Waals surface area (Å²) in [4.78, 5) is 2.51. The van der Waals surface area contributed by atoms with Crippen molar-refractivity contribution >= 4 is 68.2 Å². The molecule has 1 fully saturated rings. The number of halogens is 2. The molecule has 3 rings (SSSR count). The van der Waals surface area contributed by atoms with E-state index in [0.29, 0.717) is 5.92 Å². The fourth-order valence-corrected chi connectivity index (χ4v) is 4.58. The van der Waals surface area contributed by atoms with Gasteiger partial charge in [0, 0.05) is 27.4 Å². The molecule has 0 unspecified atom stereocenters. The largest absolute Gasteiger partial charge is 0.493 e. The Labute approximate surface area is 171 Å². The van der Waals surface area contributed by atoms with Crippen LogP contribution in [0.3, 0.4) is 0 Å². The Morgan fingerprint density at radius 1 is 1.38 bits per heavy atom. The van der Waals surface area contributed by atoms with Crippen LogP contribution < -0.4 is 8.27 Å². The molecule has 1 aromatic heterocycles. The highest BCUT2D eigenvalue weighted by Crippen LogP contribution is 2.35. The molecule has 0 atom stereocenters. The third kappa shape index (κ3) is 3.85. The first-order valence-corrected chi connectivity index (χ1v) is 10.5. The van der Waals surface area contributed by atoms with Crippen molar-refractivity contribution < 1.29 is 4.74 Å². The zero-order valence-electron chi connectivity index (χ0n) is 13.9. The Balaban J connectivity index is 1.75. The summed E-state index contributed by atoms with van der Waals surface area (Å²) in [6.07, 6.45) is 6.37. The molecule has 1 aromatic carbocycles. The van der Waals surface area contributed by atoms with Crippen LogP contribution in [0.2, 0.25) is 0 Å². The van der Waals surface area contributed by atoms with Gasteiger partial charge in [-0.2, -0.15) is 0 Å². The van der Waals surface area contributed by atoms with E-state index in [1.54, 1.807) is 0 Å². The lowest BCUT2D eigenvalue weighted by atomic mass is 9.98. The van der Waals surface area contributed by atoms with Crippen LogP contribution in [-0.2, 0) is 0 Å². The molecular formula is C18H23I2N3O. The SMILES string of the molecule is C=Cn1cc(NI)c2c(I)cc(OCC3CCN(CC)CC3)cc21. The number of benzene rings is 1. The highest BCUT2D eigenvalue weighted by atomic mass is 127. The monoisotopic (exact) mass is 551 g/mol. The van der Waals surface area contributed by atoms with Gasteiger partial charge in [0.1, 0.15) is 5.75 Å². The number of likely N-dealkylation sites (tertiary alicyclic amines) is 1. The van der Waals surface area contributed by atoms with Crippen LogP contribution in [0.25, 0.3) is 17.1 Å². The summed E-state index contributed by atoms with van der Waals surface area (Å²) in [6.45, 7) is 10.5. The minimum atomic E-state index is 0.666. The normalized spacial score (nSPS) is 16.5. The molecule has 24 heavy (non-hydrogen) atoms. The standard InChI is InChI=1S/C18H23I2N3O/c1-3-22-7-5-13(6-8-22)12-24-14-9-15(19)18-16(21-20)11-23(4-2)17(18)10-14/h4,9-11,13,21H,2-3,5-8,12H2,1H3. The zero-order chi connectivity index (χ0) is 17.1. The van der Waals surface area contributed by atoms with Gasteiger partial charge in [-0.25, -0.2) is 0 Å². The molecule has 1 aliphatic heterocycles. The van der Waals surface area contributed by atoms with E-state index in [9.17, 15) is 0 Å². The van der Waals surface area contributed by atoms with E-state index < -0.39 is 0 Å². The second kappa shape index (κ2) is 8.27. The first kappa shape index (κ1) is 18.3. The van der Waals surface area contributed by atoms with Gasteiger partial charge in [-0.15, -0.1) is 0 Å². The van der Waals surface area contributed by atoms with E-state index in [-0.39, 0.29) is 0 Å². The molecule has 1 aliphatic rings. The summed E-state index contributed by atoms with van der Waals surface area (Å²) < 4.78 is 12.6. The molecule has 0 aliphatic carbocycles. The van der Waals surface area contributed by atoms with Crippen LogP contribution in [0, 0.1) is 9.49 Å². The Morgan fingerprint density at radius 3 is 2.75 bits per heavy atom. The maximum absolute atomic E-state index is 6.15. The van der Waals surface area contributed by atoms with Crippen molar-refractivity contribution in [2.24, 2.45) is 5.92 Å². The predicted octanol–water partition coefficient (Wildman–Crippen LogP) is 5.22. The lowest BCUT2D eigenvalue weighted by Gasteiger charge is -2.30. The molecule has 130 valence electrons. The average Bonchev–Trinajstić information content (AvgIpc) is 2.98. The van der Waals surface area contributed by atoms with Crippen LogP contribution in [0.1, 0.15) is 19.8 Å². The third-order valence-electron chi connectivity index (χ3n) is 4.80. The number of nitrogens with zero attached hydrogens (tertiary/aromatic N) is 2. The predicted molar refractivity (Wildman–Crippen MR) is 119 cm³/mol. The van der Waals surface area contributed by atoms with E-state index >= 15 is 0 Å². The van der Waals surface area contributed by atoms with Gasteiger partial charge in [-0.3, -0.25) is 0 Å². The quantitative estimate of drug-likeness (QED) is 0.395. The van der Waals surface area contributed by atoms with Gasteiger partial charge in [0.05, 0.1) is 40.7 Å². The van der Waals surface area contributed by atoms with Crippen molar-refractivity contribution in [3.8, 4) is 5.75 Å². The Bertz CT molecular complexity index is 721. The number of rotatable bonds is 6. The summed E-state index contributed by atoms with van der Waals surface area (Å²) in [6, 6.07) is 4.26. The average molecular weight is 551 g/mol. The van der Waals surface area contributed by atoms with Crippen LogP contribution in [0.15, 0.2) is 24.9 Å². The fourth-order valence-electron chi connectivity index (χ4n) is 3.30. The molecule has 4 nitrogen and oxygen atoms in total. The molecule has 0 radical (unpaired) electrons. The minimum absolute atomic E-state index is 0.666. The van der Waals surface area contributed by atoms with E-state index in [1.165, 1.54) is 34.9 Å². The maximum atomic E-state index is 6.15. The first-order chi connectivity index (χ1) is 11.7. The van der Waals surface area contributed by atoms with Gasteiger partial charge in [0.15, 0.2) is 0 Å². The van der Waals surface area contributed by atoms with E-state index in [2.05, 4.69) is 85.7 Å². The van der Waals surface area contributed by atoms with E-state index in [1.807, 2.05) is 10.8 Å². The van der Waals surface area contributed by atoms with Crippen LogP contribution >= 0.6 is 45.5 Å². The van der Waals surface area contributed by atoms with Crippen molar-refractivity contribution in [2.75, 3.05) is 29.8 Å². The van der Waals surface area contributed by atoms with Crippen LogP contribution in [-0.4, -0.2) is 35.7 Å². The van der Waals surface area contributed by atoms with Crippen molar-refractivity contribution in [2.45, 2.75) is 19.8 Å². The maximum Gasteiger partial charge on any atom is 0.122 e. The number of aromatic nitrogens is 1. The second-order valence-electron chi connectivity index (χ2n) is 6.21. The highest BCUT2D eigenvalue weighted by Gasteiger charge is 2.19. The molecule has 0 spiro atoms. The Kier molecular flexibility index (Phi) is 6.31. The molecular weight excluding hydrogens is 528 g/mol. The molecule has 0 saturated carbocycles. The summed E-state index contributed by atoms with van der Waals surface area (Å²) in [5, 5.41) is 1.22. The van der Waals surface area contributed by atoms with Crippen LogP contribution in [0.4, 0.5) is 5.69 Å². The van der Waals surface area contributed by atoms with Gasteiger partial charge < -0.3 is 17.7 Å². The number of nitrogens with one attached hydrogen (secondary N) is 1. The smallest absolute Gasteiger partial charge is 0.122 e. The van der Waals surface area contributed by atoms with Gasteiger partial charge in [0.25, 0.3) is 0 Å². The lowest BCUT2D eigenvalue weighted by molar-refractivity contribution is 0.146. The second-order valence-corrected chi connectivity index (χ2v) is 7.92. The van der Waals surface area contributed by atoms with Crippen molar-refractivity contribution in [1.29, 1.82) is 0 Å². The number of piperidine rings is 1. The lowest BCUT2D eigenvalue weighted by Crippen LogP contribution is -2.35. The molecule has 6 heteroatoms. The number of fused-ring (bicyclic) bond motifs is 1. The van der Waals surface area contributed by atoms with E-state index in [4.69, 9.17) is 4.74 Å². The van der Waals surface area contributed by atoms with Gasteiger partial charge in [-0.05, 0) is 67.1 Å². The number of hydrogen-bond donors (Lipinski definition) is 1. The van der Waals surface area contributed by atoms with Gasteiger partial charge in [-0.1, -0.05) is 13.5 Å². The summed E-state index contributed by atoms with van der Waals surface area (Å²) in [5.74, 6) is 1.62. The van der Waals surface area contributed by atoms with Gasteiger partial charge >= 0.3 is 0 Å². The minimum Gasteiger partial charge on any atom is -0.493 e. The Hall–Kier alpha value is -0.480. The summed E-state index contributed by atoms with van der Waals surface area (Å²) in [5.41, 5.74) is 2.24. The molecule has 1 N–H and O–H groups in total. The highest BCUT2D eigenvalue weighted by molar-refractivity contribution is 14.1. The number of hydrogen-bond acceptors (Lipinski definition) is 3. The topological polar surface area (TPSA) is 29.4 Å². The van der Waals surface area contributed by atoms with Crippen LogP contribution in [0.5, 0.6) is 5.75 Å². The Morgan fingerprint density at radius 2 is 2.12 bits per heavy atom.